The lowest BCUT2D eigenvalue weighted by Crippen LogP contribution is -2.25. The molecule has 3 rings (SSSR count). The van der Waals surface area contributed by atoms with Crippen LogP contribution in [0.15, 0.2) is 18.2 Å². The van der Waals surface area contributed by atoms with E-state index in [1.54, 1.807) is 0 Å². The molecule has 2 heterocycles. The Morgan fingerprint density at radius 1 is 1.45 bits per heavy atom. The van der Waals surface area contributed by atoms with Crippen molar-refractivity contribution < 1.29 is 4.79 Å². The van der Waals surface area contributed by atoms with E-state index in [0.29, 0.717) is 5.82 Å². The number of nitrogens with zero attached hydrogens (tertiary/aromatic N) is 2. The van der Waals surface area contributed by atoms with E-state index in [9.17, 15) is 4.79 Å². The summed E-state index contributed by atoms with van der Waals surface area (Å²) in [6.45, 7) is 3.71. The molecular formula is C14H17N5O. The number of rotatable bonds is 3. The number of nitrogens with one attached hydrogen (secondary N) is 3. The Hall–Kier alpha value is -2.21. The van der Waals surface area contributed by atoms with Gasteiger partial charge in [-0.05, 0) is 30.2 Å². The van der Waals surface area contributed by atoms with E-state index in [-0.39, 0.29) is 11.7 Å². The monoisotopic (exact) mass is 271 g/mol. The molecular weight excluding hydrogens is 254 g/mol. The molecule has 0 atom stereocenters. The maximum Gasteiger partial charge on any atom is 0.295 e. The normalized spacial score (nSPS) is 13.8. The van der Waals surface area contributed by atoms with Gasteiger partial charge < -0.3 is 10.6 Å². The molecule has 0 saturated heterocycles. The molecule has 0 spiro atoms. The van der Waals surface area contributed by atoms with Gasteiger partial charge in [-0.2, -0.15) is 0 Å². The number of aromatic nitrogens is 3. The van der Waals surface area contributed by atoms with Crippen molar-refractivity contribution in [3.05, 3.63) is 41.0 Å². The third-order valence-corrected chi connectivity index (χ3v) is 3.46. The Bertz CT molecular complexity index is 634. The Morgan fingerprint density at radius 3 is 3.15 bits per heavy atom. The average molecular weight is 271 g/mol. The van der Waals surface area contributed by atoms with Crippen molar-refractivity contribution in [2.75, 3.05) is 11.9 Å². The van der Waals surface area contributed by atoms with Gasteiger partial charge >= 0.3 is 0 Å². The lowest BCUT2D eigenvalue weighted by atomic mass is 9.99. The molecule has 1 aromatic heterocycles. The maximum absolute atomic E-state index is 12.2. The fourth-order valence-corrected chi connectivity index (χ4v) is 2.36. The molecule has 1 amide bonds. The average Bonchev–Trinajstić information content (AvgIpc) is 2.97. The van der Waals surface area contributed by atoms with E-state index in [1.807, 2.05) is 19.1 Å². The van der Waals surface area contributed by atoms with Crippen LogP contribution in [0, 0.1) is 0 Å². The summed E-state index contributed by atoms with van der Waals surface area (Å²) in [5.74, 6) is 0.620. The molecule has 0 unspecified atom stereocenters. The SMILES string of the molecule is CCc1nc(C(=O)Nc2cccc3c2CNCC3)n[nH]1. The summed E-state index contributed by atoms with van der Waals surface area (Å²) in [7, 11) is 0. The van der Waals surface area contributed by atoms with Gasteiger partial charge in [-0.3, -0.25) is 9.89 Å². The zero-order valence-electron chi connectivity index (χ0n) is 11.4. The molecule has 0 radical (unpaired) electrons. The van der Waals surface area contributed by atoms with E-state index in [0.717, 1.165) is 37.2 Å². The van der Waals surface area contributed by atoms with Crippen molar-refractivity contribution in [3.8, 4) is 0 Å². The lowest BCUT2D eigenvalue weighted by Gasteiger charge is -2.20. The van der Waals surface area contributed by atoms with E-state index in [4.69, 9.17) is 0 Å². The lowest BCUT2D eigenvalue weighted by molar-refractivity contribution is 0.101. The first-order chi connectivity index (χ1) is 9.78. The highest BCUT2D eigenvalue weighted by molar-refractivity contribution is 6.02. The van der Waals surface area contributed by atoms with Gasteiger partial charge in [-0.15, -0.1) is 5.10 Å². The standard InChI is InChI=1S/C14H17N5O/c1-2-12-17-13(19-18-12)14(20)16-11-5-3-4-9-6-7-15-8-10(9)11/h3-5,15H,2,6-8H2,1H3,(H,16,20)(H,17,18,19). The van der Waals surface area contributed by atoms with E-state index < -0.39 is 0 Å². The fraction of sp³-hybridized carbons (Fsp3) is 0.357. The zero-order chi connectivity index (χ0) is 13.9. The zero-order valence-corrected chi connectivity index (χ0v) is 11.4. The van der Waals surface area contributed by atoms with Gasteiger partial charge in [-0.25, -0.2) is 4.98 Å². The third kappa shape index (κ3) is 2.42. The molecule has 3 N–H and O–H groups in total. The first-order valence-corrected chi connectivity index (χ1v) is 6.82. The minimum absolute atomic E-state index is 0.184. The van der Waals surface area contributed by atoms with Crippen LogP contribution in [0.1, 0.15) is 34.5 Å². The number of anilines is 1. The molecule has 1 aromatic carbocycles. The molecule has 6 nitrogen and oxygen atoms in total. The number of aromatic amines is 1. The Balaban J connectivity index is 1.82. The topological polar surface area (TPSA) is 82.7 Å². The van der Waals surface area contributed by atoms with Gasteiger partial charge in [0.05, 0.1) is 0 Å². The van der Waals surface area contributed by atoms with Gasteiger partial charge in [0.2, 0.25) is 5.82 Å². The second-order valence-corrected chi connectivity index (χ2v) is 4.78. The van der Waals surface area contributed by atoms with Crippen LogP contribution < -0.4 is 10.6 Å². The van der Waals surface area contributed by atoms with Crippen molar-refractivity contribution >= 4 is 11.6 Å². The number of hydrogen-bond donors (Lipinski definition) is 3. The number of amides is 1. The van der Waals surface area contributed by atoms with Gasteiger partial charge in [-0.1, -0.05) is 19.1 Å². The number of hydrogen-bond acceptors (Lipinski definition) is 4. The highest BCUT2D eigenvalue weighted by atomic mass is 16.2. The molecule has 0 bridgehead atoms. The number of H-pyrrole nitrogens is 1. The van der Waals surface area contributed by atoms with Gasteiger partial charge in [0.15, 0.2) is 0 Å². The summed E-state index contributed by atoms with van der Waals surface area (Å²) in [6.07, 6.45) is 1.71. The number of carbonyl (C=O) groups is 1. The predicted octanol–water partition coefficient (Wildman–Crippen LogP) is 1.27. The molecule has 20 heavy (non-hydrogen) atoms. The Labute approximate surface area is 117 Å². The molecule has 0 aliphatic carbocycles. The molecule has 0 saturated carbocycles. The second kappa shape index (κ2) is 5.42. The number of benzene rings is 1. The number of aryl methyl sites for hydroxylation is 1. The summed E-state index contributed by atoms with van der Waals surface area (Å²) >= 11 is 0. The van der Waals surface area contributed by atoms with Crippen LogP contribution in [0.25, 0.3) is 0 Å². The summed E-state index contributed by atoms with van der Waals surface area (Å²) < 4.78 is 0. The molecule has 2 aromatic rings. The van der Waals surface area contributed by atoms with Crippen molar-refractivity contribution in [1.82, 2.24) is 20.5 Å². The van der Waals surface area contributed by atoms with Crippen molar-refractivity contribution in [1.29, 1.82) is 0 Å². The van der Waals surface area contributed by atoms with Crippen LogP contribution >= 0.6 is 0 Å². The summed E-state index contributed by atoms with van der Waals surface area (Å²) in [5, 5.41) is 12.9. The van der Waals surface area contributed by atoms with Gasteiger partial charge in [0.1, 0.15) is 5.82 Å². The summed E-state index contributed by atoms with van der Waals surface area (Å²) in [6, 6.07) is 5.99. The number of fused-ring (bicyclic) bond motifs is 1. The third-order valence-electron chi connectivity index (χ3n) is 3.46. The van der Waals surface area contributed by atoms with Crippen molar-refractivity contribution in [3.63, 3.8) is 0 Å². The predicted molar refractivity (Wildman–Crippen MR) is 75.6 cm³/mol. The molecule has 104 valence electrons. The highest BCUT2D eigenvalue weighted by Gasteiger charge is 2.17. The summed E-state index contributed by atoms with van der Waals surface area (Å²) in [5.41, 5.74) is 3.27. The maximum atomic E-state index is 12.2. The van der Waals surface area contributed by atoms with Crippen LogP contribution in [0.5, 0.6) is 0 Å². The fourth-order valence-electron chi connectivity index (χ4n) is 2.36. The van der Waals surface area contributed by atoms with E-state index in [1.165, 1.54) is 5.56 Å². The van der Waals surface area contributed by atoms with E-state index in [2.05, 4.69) is 31.9 Å². The first-order valence-electron chi connectivity index (χ1n) is 6.82. The van der Waals surface area contributed by atoms with Crippen molar-refractivity contribution in [2.45, 2.75) is 26.3 Å². The van der Waals surface area contributed by atoms with Crippen LogP contribution in [0.2, 0.25) is 0 Å². The molecule has 0 fully saturated rings. The molecule has 6 heteroatoms. The summed E-state index contributed by atoms with van der Waals surface area (Å²) in [4.78, 5) is 16.3. The smallest absolute Gasteiger partial charge is 0.295 e. The molecule has 1 aliphatic rings. The first kappa shape index (κ1) is 12.8. The van der Waals surface area contributed by atoms with Crippen LogP contribution in [-0.4, -0.2) is 27.6 Å². The van der Waals surface area contributed by atoms with Crippen LogP contribution in [0.4, 0.5) is 5.69 Å². The van der Waals surface area contributed by atoms with Gasteiger partial charge in [0, 0.05) is 18.7 Å². The Morgan fingerprint density at radius 2 is 2.35 bits per heavy atom. The van der Waals surface area contributed by atoms with Crippen LogP contribution in [0.3, 0.4) is 0 Å². The van der Waals surface area contributed by atoms with E-state index >= 15 is 0 Å². The quantitative estimate of drug-likeness (QED) is 0.785. The van der Waals surface area contributed by atoms with Crippen LogP contribution in [-0.2, 0) is 19.4 Å². The highest BCUT2D eigenvalue weighted by Crippen LogP contribution is 2.23. The number of carbonyl (C=O) groups excluding carboxylic acids is 1. The molecule has 1 aliphatic heterocycles. The minimum Gasteiger partial charge on any atom is -0.319 e. The van der Waals surface area contributed by atoms with Gasteiger partial charge in [0.25, 0.3) is 5.91 Å². The van der Waals surface area contributed by atoms with Crippen molar-refractivity contribution in [2.24, 2.45) is 0 Å². The second-order valence-electron chi connectivity index (χ2n) is 4.78. The minimum atomic E-state index is -0.278. The largest absolute Gasteiger partial charge is 0.319 e. The Kier molecular flexibility index (Phi) is 3.47.